The van der Waals surface area contributed by atoms with Crippen LogP contribution in [0, 0.1) is 0 Å². The van der Waals surface area contributed by atoms with Gasteiger partial charge in [0, 0.05) is 36.5 Å². The Morgan fingerprint density at radius 2 is 2.05 bits per heavy atom. The van der Waals surface area contributed by atoms with E-state index in [1.54, 1.807) is 16.1 Å². The predicted molar refractivity (Wildman–Crippen MR) is 89.9 cm³/mol. The molecule has 2 fully saturated rings. The molecule has 0 amide bonds. The van der Waals surface area contributed by atoms with E-state index in [1.807, 2.05) is 0 Å². The SMILES string of the molecule is CSC1(CNS(=O)(=O)N2CCCCC2CNC(C)C)CC1. The molecule has 21 heavy (non-hydrogen) atoms. The van der Waals surface area contributed by atoms with Crippen LogP contribution in [0.2, 0.25) is 0 Å². The molecule has 0 aromatic rings. The molecule has 1 aliphatic heterocycles. The van der Waals surface area contributed by atoms with Crippen molar-refractivity contribution in [3.63, 3.8) is 0 Å². The molecule has 1 unspecified atom stereocenters. The fraction of sp³-hybridized carbons (Fsp3) is 1.00. The lowest BCUT2D eigenvalue weighted by Crippen LogP contribution is -2.53. The summed E-state index contributed by atoms with van der Waals surface area (Å²) in [5, 5.41) is 3.38. The number of piperidine rings is 1. The van der Waals surface area contributed by atoms with Crippen molar-refractivity contribution in [1.29, 1.82) is 0 Å². The van der Waals surface area contributed by atoms with Gasteiger partial charge >= 0.3 is 0 Å². The van der Waals surface area contributed by atoms with Gasteiger partial charge in [0.1, 0.15) is 0 Å². The molecule has 5 nitrogen and oxygen atoms in total. The van der Waals surface area contributed by atoms with Gasteiger partial charge in [-0.1, -0.05) is 20.3 Å². The molecule has 1 atom stereocenters. The zero-order valence-corrected chi connectivity index (χ0v) is 15.0. The summed E-state index contributed by atoms with van der Waals surface area (Å²) in [6.07, 6.45) is 7.34. The highest BCUT2D eigenvalue weighted by Crippen LogP contribution is 2.46. The molecular weight excluding hydrogens is 306 g/mol. The predicted octanol–water partition coefficient (Wildman–Crippen LogP) is 1.57. The Kier molecular flexibility index (Phi) is 5.99. The van der Waals surface area contributed by atoms with Crippen molar-refractivity contribution in [3.8, 4) is 0 Å². The van der Waals surface area contributed by atoms with Crippen LogP contribution >= 0.6 is 11.8 Å². The summed E-state index contributed by atoms with van der Waals surface area (Å²) in [6, 6.07) is 0.471. The number of thioether (sulfide) groups is 1. The molecule has 1 saturated heterocycles. The summed E-state index contributed by atoms with van der Waals surface area (Å²) in [4.78, 5) is 0. The highest BCUT2D eigenvalue weighted by atomic mass is 32.2. The Morgan fingerprint density at radius 3 is 2.62 bits per heavy atom. The molecule has 1 aliphatic carbocycles. The molecule has 2 aliphatic rings. The summed E-state index contributed by atoms with van der Waals surface area (Å²) in [5.41, 5.74) is 0. The third kappa shape index (κ3) is 4.82. The van der Waals surface area contributed by atoms with Crippen LogP contribution in [0.1, 0.15) is 46.0 Å². The second-order valence-electron chi connectivity index (χ2n) is 6.54. The van der Waals surface area contributed by atoms with Crippen LogP contribution in [-0.2, 0) is 10.2 Å². The van der Waals surface area contributed by atoms with E-state index in [4.69, 9.17) is 0 Å². The number of hydrogen-bond donors (Lipinski definition) is 2. The summed E-state index contributed by atoms with van der Waals surface area (Å²) < 4.78 is 29.9. The smallest absolute Gasteiger partial charge is 0.279 e. The number of hydrogen-bond acceptors (Lipinski definition) is 4. The van der Waals surface area contributed by atoms with E-state index in [9.17, 15) is 8.42 Å². The molecule has 7 heteroatoms. The molecule has 1 saturated carbocycles. The maximum absolute atomic E-state index is 12.6. The van der Waals surface area contributed by atoms with Crippen LogP contribution in [-0.4, -0.2) is 55.4 Å². The first-order chi connectivity index (χ1) is 9.88. The Labute approximate surface area is 133 Å². The molecule has 2 rings (SSSR count). The first-order valence-electron chi connectivity index (χ1n) is 7.93. The van der Waals surface area contributed by atoms with Gasteiger partial charge in [-0.25, -0.2) is 4.72 Å². The van der Waals surface area contributed by atoms with Gasteiger partial charge in [0.2, 0.25) is 0 Å². The molecule has 0 bridgehead atoms. The first kappa shape index (κ1) is 17.5. The fourth-order valence-electron chi connectivity index (χ4n) is 2.76. The van der Waals surface area contributed by atoms with Gasteiger partial charge in [-0.3, -0.25) is 0 Å². The van der Waals surface area contributed by atoms with Crippen molar-refractivity contribution < 1.29 is 8.42 Å². The van der Waals surface area contributed by atoms with Crippen molar-refractivity contribution in [2.75, 3.05) is 25.9 Å². The molecule has 0 spiro atoms. The molecule has 2 N–H and O–H groups in total. The highest BCUT2D eigenvalue weighted by Gasteiger charge is 2.43. The molecule has 1 heterocycles. The minimum Gasteiger partial charge on any atom is -0.313 e. The standard InChI is InChI=1S/C14H29N3O2S2/c1-12(2)15-10-13-6-4-5-9-17(13)21(18,19)16-11-14(20-3)7-8-14/h12-13,15-16H,4-11H2,1-3H3. The van der Waals surface area contributed by atoms with E-state index in [-0.39, 0.29) is 10.8 Å². The maximum atomic E-state index is 12.6. The second kappa shape index (κ2) is 7.17. The van der Waals surface area contributed by atoms with E-state index < -0.39 is 10.2 Å². The summed E-state index contributed by atoms with van der Waals surface area (Å²) in [7, 11) is -3.35. The monoisotopic (exact) mass is 335 g/mol. The van der Waals surface area contributed by atoms with Crippen molar-refractivity contribution in [2.24, 2.45) is 0 Å². The number of nitrogens with one attached hydrogen (secondary N) is 2. The molecular formula is C14H29N3O2S2. The van der Waals surface area contributed by atoms with Crippen LogP contribution in [0.5, 0.6) is 0 Å². The summed E-state index contributed by atoms with van der Waals surface area (Å²) >= 11 is 1.78. The maximum Gasteiger partial charge on any atom is 0.279 e. The van der Waals surface area contributed by atoms with Gasteiger partial charge in [0.25, 0.3) is 10.2 Å². The zero-order chi connectivity index (χ0) is 15.5. The van der Waals surface area contributed by atoms with Crippen molar-refractivity contribution in [1.82, 2.24) is 14.3 Å². The third-order valence-corrected chi connectivity index (χ3v) is 7.49. The van der Waals surface area contributed by atoms with Gasteiger partial charge in [-0.2, -0.15) is 24.5 Å². The average molecular weight is 336 g/mol. The average Bonchev–Trinajstić information content (AvgIpc) is 3.24. The van der Waals surface area contributed by atoms with E-state index in [0.29, 0.717) is 19.1 Å². The quantitative estimate of drug-likeness (QED) is 0.707. The van der Waals surface area contributed by atoms with Crippen molar-refractivity contribution in [2.45, 2.75) is 62.8 Å². The lowest BCUT2D eigenvalue weighted by Gasteiger charge is -2.35. The lowest BCUT2D eigenvalue weighted by atomic mass is 10.0. The van der Waals surface area contributed by atoms with Crippen LogP contribution in [0.3, 0.4) is 0 Å². The molecule has 0 aromatic carbocycles. The lowest BCUT2D eigenvalue weighted by molar-refractivity contribution is 0.239. The topological polar surface area (TPSA) is 61.4 Å². The van der Waals surface area contributed by atoms with Crippen LogP contribution in [0.15, 0.2) is 0 Å². The summed E-state index contributed by atoms with van der Waals surface area (Å²) in [5.74, 6) is 0. The van der Waals surface area contributed by atoms with E-state index in [1.165, 1.54) is 0 Å². The number of nitrogens with zero attached hydrogens (tertiary/aromatic N) is 1. The zero-order valence-electron chi connectivity index (χ0n) is 13.4. The van der Waals surface area contributed by atoms with Crippen LogP contribution in [0.25, 0.3) is 0 Å². The van der Waals surface area contributed by atoms with Crippen molar-refractivity contribution in [3.05, 3.63) is 0 Å². The Morgan fingerprint density at radius 1 is 1.33 bits per heavy atom. The Hall–Kier alpha value is 0.180. The normalized spacial score (nSPS) is 26.2. The van der Waals surface area contributed by atoms with E-state index >= 15 is 0 Å². The Bertz CT molecular complexity index is 436. The van der Waals surface area contributed by atoms with E-state index in [0.717, 1.165) is 38.6 Å². The van der Waals surface area contributed by atoms with Crippen LogP contribution in [0.4, 0.5) is 0 Å². The minimum atomic E-state index is -3.35. The largest absolute Gasteiger partial charge is 0.313 e. The van der Waals surface area contributed by atoms with Gasteiger partial charge in [0.15, 0.2) is 0 Å². The first-order valence-corrected chi connectivity index (χ1v) is 10.6. The second-order valence-corrected chi connectivity index (χ2v) is 9.52. The van der Waals surface area contributed by atoms with Gasteiger partial charge in [-0.15, -0.1) is 0 Å². The molecule has 0 aromatic heterocycles. The number of rotatable bonds is 8. The molecule has 124 valence electrons. The summed E-state index contributed by atoms with van der Waals surface area (Å²) in [6.45, 7) is 6.14. The minimum absolute atomic E-state index is 0.0862. The van der Waals surface area contributed by atoms with Crippen LogP contribution < -0.4 is 10.0 Å². The van der Waals surface area contributed by atoms with E-state index in [2.05, 4.69) is 30.1 Å². The van der Waals surface area contributed by atoms with Gasteiger partial charge in [-0.05, 0) is 31.9 Å². The van der Waals surface area contributed by atoms with Crippen molar-refractivity contribution >= 4 is 22.0 Å². The molecule has 0 radical (unpaired) electrons. The third-order valence-electron chi connectivity index (χ3n) is 4.46. The fourth-order valence-corrected chi connectivity index (χ4v) is 5.15. The van der Waals surface area contributed by atoms with Gasteiger partial charge < -0.3 is 5.32 Å². The van der Waals surface area contributed by atoms with Gasteiger partial charge in [0.05, 0.1) is 0 Å². The Balaban J connectivity index is 1.94. The highest BCUT2D eigenvalue weighted by molar-refractivity contribution is 8.00.